The van der Waals surface area contributed by atoms with E-state index in [2.05, 4.69) is 5.32 Å². The van der Waals surface area contributed by atoms with Crippen LogP contribution in [0.4, 0.5) is 5.69 Å². The summed E-state index contributed by atoms with van der Waals surface area (Å²) in [5.74, 6) is -0.918. The van der Waals surface area contributed by atoms with E-state index in [-0.39, 0.29) is 5.91 Å². The van der Waals surface area contributed by atoms with Crippen LogP contribution in [-0.2, 0) is 9.59 Å². The fourth-order valence-corrected chi connectivity index (χ4v) is 1.45. The van der Waals surface area contributed by atoms with Crippen molar-refractivity contribution in [2.45, 2.75) is 19.9 Å². The van der Waals surface area contributed by atoms with Crippen molar-refractivity contribution in [3.8, 4) is 5.75 Å². The van der Waals surface area contributed by atoms with Gasteiger partial charge in [-0.1, -0.05) is 6.07 Å². The minimum atomic E-state index is -1.13. The van der Waals surface area contributed by atoms with Crippen LogP contribution in [0.5, 0.6) is 5.75 Å². The van der Waals surface area contributed by atoms with Gasteiger partial charge >= 0.3 is 5.97 Å². The number of benzene rings is 1. The molecular formula is C12H16N2O4. The van der Waals surface area contributed by atoms with Gasteiger partial charge in [0.2, 0.25) is 5.91 Å². The second-order valence-corrected chi connectivity index (χ2v) is 3.69. The molecule has 0 aliphatic carbocycles. The first kappa shape index (κ1) is 14.0. The van der Waals surface area contributed by atoms with Crippen LogP contribution in [0, 0.1) is 0 Å². The molecule has 6 heteroatoms. The normalized spacial score (nSPS) is 11.7. The molecule has 4 N–H and O–H groups in total. The summed E-state index contributed by atoms with van der Waals surface area (Å²) in [5.41, 5.74) is 6.32. The highest BCUT2D eigenvalue weighted by atomic mass is 16.5. The first-order valence-corrected chi connectivity index (χ1v) is 5.48. The maximum absolute atomic E-state index is 11.1. The van der Waals surface area contributed by atoms with E-state index < -0.39 is 12.0 Å². The number of carboxylic acid groups (broad SMARTS) is 1. The quantitative estimate of drug-likeness (QED) is 0.729. The maximum Gasteiger partial charge on any atom is 0.325 e. The number of hydrogen-bond donors (Lipinski definition) is 3. The topological polar surface area (TPSA) is 102 Å². The molecule has 0 aliphatic heterocycles. The molecular weight excluding hydrogens is 236 g/mol. The zero-order chi connectivity index (χ0) is 13.7. The Labute approximate surface area is 105 Å². The van der Waals surface area contributed by atoms with Crippen LogP contribution in [0.15, 0.2) is 18.2 Å². The van der Waals surface area contributed by atoms with E-state index in [1.807, 2.05) is 6.92 Å². The number of nitrogens with one attached hydrogen (secondary N) is 1. The van der Waals surface area contributed by atoms with Crippen LogP contribution in [-0.4, -0.2) is 23.6 Å². The number of carbonyl (C=O) groups is 2. The fourth-order valence-electron chi connectivity index (χ4n) is 1.45. The van der Waals surface area contributed by atoms with Crippen LogP contribution in [0.1, 0.15) is 25.5 Å². The van der Waals surface area contributed by atoms with Crippen molar-refractivity contribution in [2.24, 2.45) is 5.73 Å². The van der Waals surface area contributed by atoms with Gasteiger partial charge in [0.25, 0.3) is 0 Å². The molecule has 1 aromatic carbocycles. The zero-order valence-electron chi connectivity index (χ0n) is 10.3. The molecule has 1 atom stereocenters. The van der Waals surface area contributed by atoms with E-state index in [1.54, 1.807) is 12.1 Å². The second-order valence-electron chi connectivity index (χ2n) is 3.69. The number of amides is 1. The second kappa shape index (κ2) is 6.02. The van der Waals surface area contributed by atoms with Crippen LogP contribution >= 0.6 is 0 Å². The van der Waals surface area contributed by atoms with E-state index in [0.29, 0.717) is 23.6 Å². The van der Waals surface area contributed by atoms with E-state index in [1.165, 1.54) is 13.0 Å². The average molecular weight is 252 g/mol. The van der Waals surface area contributed by atoms with Crippen LogP contribution < -0.4 is 15.8 Å². The molecule has 1 rings (SSSR count). The third kappa shape index (κ3) is 3.46. The van der Waals surface area contributed by atoms with Gasteiger partial charge in [0.15, 0.2) is 0 Å². The van der Waals surface area contributed by atoms with E-state index in [0.717, 1.165) is 0 Å². The highest BCUT2D eigenvalue weighted by Crippen LogP contribution is 2.28. The SMILES string of the molecule is CCOc1ccc(C(N)C(=O)O)cc1NC(C)=O. The van der Waals surface area contributed by atoms with Crippen molar-refractivity contribution < 1.29 is 19.4 Å². The minimum absolute atomic E-state index is 0.267. The highest BCUT2D eigenvalue weighted by Gasteiger charge is 2.16. The Hall–Kier alpha value is -2.08. The number of carbonyl (C=O) groups excluding carboxylic acids is 1. The summed E-state index contributed by atoms with van der Waals surface area (Å²) in [4.78, 5) is 21.9. The number of rotatable bonds is 5. The van der Waals surface area contributed by atoms with Crippen molar-refractivity contribution >= 4 is 17.6 Å². The zero-order valence-corrected chi connectivity index (χ0v) is 10.3. The summed E-state index contributed by atoms with van der Waals surface area (Å²) < 4.78 is 5.33. The number of nitrogens with two attached hydrogens (primary N) is 1. The van der Waals surface area contributed by atoms with Crippen molar-refractivity contribution in [1.29, 1.82) is 0 Å². The predicted molar refractivity (Wildman–Crippen MR) is 66.5 cm³/mol. The lowest BCUT2D eigenvalue weighted by molar-refractivity contribution is -0.138. The Balaban J connectivity index is 3.11. The Morgan fingerprint density at radius 1 is 1.50 bits per heavy atom. The fraction of sp³-hybridized carbons (Fsp3) is 0.333. The Bertz CT molecular complexity index is 459. The van der Waals surface area contributed by atoms with Gasteiger partial charge in [-0.15, -0.1) is 0 Å². The molecule has 1 unspecified atom stereocenters. The molecule has 0 spiro atoms. The minimum Gasteiger partial charge on any atom is -0.492 e. The lowest BCUT2D eigenvalue weighted by atomic mass is 10.1. The Morgan fingerprint density at radius 3 is 2.67 bits per heavy atom. The van der Waals surface area contributed by atoms with E-state index >= 15 is 0 Å². The molecule has 18 heavy (non-hydrogen) atoms. The third-order valence-corrected chi connectivity index (χ3v) is 2.24. The molecule has 6 nitrogen and oxygen atoms in total. The first-order valence-electron chi connectivity index (χ1n) is 5.48. The van der Waals surface area contributed by atoms with E-state index in [9.17, 15) is 9.59 Å². The molecule has 0 saturated carbocycles. The van der Waals surface area contributed by atoms with Crippen LogP contribution in [0.2, 0.25) is 0 Å². The van der Waals surface area contributed by atoms with Crippen molar-refractivity contribution in [3.05, 3.63) is 23.8 Å². The van der Waals surface area contributed by atoms with Gasteiger partial charge in [0.1, 0.15) is 11.8 Å². The van der Waals surface area contributed by atoms with Gasteiger partial charge in [-0.25, -0.2) is 0 Å². The Morgan fingerprint density at radius 2 is 2.17 bits per heavy atom. The van der Waals surface area contributed by atoms with Crippen molar-refractivity contribution in [3.63, 3.8) is 0 Å². The standard InChI is InChI=1S/C12H16N2O4/c1-3-18-10-5-4-8(11(13)12(16)17)6-9(10)14-7(2)15/h4-6,11H,3,13H2,1-2H3,(H,14,15)(H,16,17). The smallest absolute Gasteiger partial charge is 0.325 e. The lowest BCUT2D eigenvalue weighted by Gasteiger charge is -2.14. The highest BCUT2D eigenvalue weighted by molar-refractivity contribution is 5.90. The molecule has 0 saturated heterocycles. The molecule has 1 aromatic rings. The van der Waals surface area contributed by atoms with E-state index in [4.69, 9.17) is 15.6 Å². The molecule has 0 fully saturated rings. The Kier molecular flexibility index (Phi) is 4.67. The van der Waals surface area contributed by atoms with Gasteiger partial charge in [0, 0.05) is 6.92 Å². The summed E-state index contributed by atoms with van der Waals surface area (Å²) in [7, 11) is 0. The van der Waals surface area contributed by atoms with Crippen molar-refractivity contribution in [2.75, 3.05) is 11.9 Å². The summed E-state index contributed by atoms with van der Waals surface area (Å²) in [6.07, 6.45) is 0. The molecule has 0 bridgehead atoms. The van der Waals surface area contributed by atoms with Gasteiger partial charge in [-0.2, -0.15) is 0 Å². The third-order valence-electron chi connectivity index (χ3n) is 2.24. The number of ether oxygens (including phenoxy) is 1. The predicted octanol–water partition coefficient (Wildman–Crippen LogP) is 1.13. The molecule has 0 radical (unpaired) electrons. The van der Waals surface area contributed by atoms with Crippen LogP contribution in [0.3, 0.4) is 0 Å². The summed E-state index contributed by atoms with van der Waals surface area (Å²) in [6, 6.07) is 3.53. The molecule has 98 valence electrons. The molecule has 0 heterocycles. The molecule has 0 aromatic heterocycles. The number of carboxylic acids is 1. The molecule has 0 aliphatic rings. The lowest BCUT2D eigenvalue weighted by Crippen LogP contribution is -2.21. The van der Waals surface area contributed by atoms with Gasteiger partial charge in [0.05, 0.1) is 12.3 Å². The number of aliphatic carboxylic acids is 1. The van der Waals surface area contributed by atoms with Gasteiger partial charge in [-0.05, 0) is 24.6 Å². The number of hydrogen-bond acceptors (Lipinski definition) is 4. The summed E-state index contributed by atoms with van der Waals surface area (Å²) in [5, 5.41) is 11.4. The summed E-state index contributed by atoms with van der Waals surface area (Å²) >= 11 is 0. The molecule has 1 amide bonds. The first-order chi connectivity index (χ1) is 8.45. The maximum atomic E-state index is 11.1. The monoisotopic (exact) mass is 252 g/mol. The largest absolute Gasteiger partial charge is 0.492 e. The summed E-state index contributed by atoms with van der Waals surface area (Å²) in [6.45, 7) is 3.62. The van der Waals surface area contributed by atoms with Crippen LogP contribution in [0.25, 0.3) is 0 Å². The van der Waals surface area contributed by atoms with Gasteiger partial charge in [-0.3, -0.25) is 9.59 Å². The number of anilines is 1. The average Bonchev–Trinajstić information content (AvgIpc) is 2.30. The van der Waals surface area contributed by atoms with Gasteiger partial charge < -0.3 is 20.9 Å². The van der Waals surface area contributed by atoms with Crippen molar-refractivity contribution in [1.82, 2.24) is 0 Å².